The quantitative estimate of drug-likeness (QED) is 0.457. The average molecular weight is 426 g/mol. The molecule has 0 fully saturated rings. The monoisotopic (exact) mass is 426 g/mol. The van der Waals surface area contributed by atoms with E-state index in [9.17, 15) is 18.0 Å². The standard InChI is InChI=1S/C21H17F3N6O/c1-9-5-11(7-12(6-9)21(22,23)24)20-28-17(16(25)18(29-20)19(26)31)15-10(2)3-4-14-13(15)8-27-30-14/h3-8H,25H2,1-2H3,(H2,26,31)(H,27,30). The predicted octanol–water partition coefficient (Wildman–Crippen LogP) is 4.00. The molecule has 2 aromatic heterocycles. The highest BCUT2D eigenvalue weighted by atomic mass is 19.4. The molecule has 0 radical (unpaired) electrons. The first-order valence-electron chi connectivity index (χ1n) is 9.16. The second kappa shape index (κ2) is 7.08. The molecule has 1 amide bonds. The van der Waals surface area contributed by atoms with Crippen molar-refractivity contribution in [2.45, 2.75) is 20.0 Å². The Morgan fingerprint density at radius 3 is 2.52 bits per heavy atom. The Morgan fingerprint density at radius 1 is 1.10 bits per heavy atom. The Morgan fingerprint density at radius 2 is 1.84 bits per heavy atom. The van der Waals surface area contributed by atoms with Gasteiger partial charge in [0.2, 0.25) is 0 Å². The van der Waals surface area contributed by atoms with Gasteiger partial charge in [0.25, 0.3) is 5.91 Å². The van der Waals surface area contributed by atoms with Crippen molar-refractivity contribution in [3.05, 3.63) is 58.9 Å². The van der Waals surface area contributed by atoms with Crippen molar-refractivity contribution in [3.63, 3.8) is 0 Å². The van der Waals surface area contributed by atoms with Gasteiger partial charge in [-0.25, -0.2) is 9.97 Å². The Hall–Kier alpha value is -3.95. The summed E-state index contributed by atoms with van der Waals surface area (Å²) in [5.74, 6) is -1.00. The fourth-order valence-corrected chi connectivity index (χ4v) is 3.49. The Bertz CT molecular complexity index is 1340. The number of hydrogen-bond donors (Lipinski definition) is 3. The second-order valence-corrected chi connectivity index (χ2v) is 7.20. The predicted molar refractivity (Wildman–Crippen MR) is 110 cm³/mol. The normalized spacial score (nSPS) is 11.8. The maximum Gasteiger partial charge on any atom is 0.416 e. The van der Waals surface area contributed by atoms with Crippen molar-refractivity contribution < 1.29 is 18.0 Å². The third kappa shape index (κ3) is 3.56. The first-order chi connectivity index (χ1) is 14.6. The lowest BCUT2D eigenvalue weighted by atomic mass is 9.98. The molecule has 10 heteroatoms. The lowest BCUT2D eigenvalue weighted by molar-refractivity contribution is -0.137. The van der Waals surface area contributed by atoms with Crippen molar-refractivity contribution in [1.29, 1.82) is 0 Å². The van der Waals surface area contributed by atoms with E-state index in [1.807, 2.05) is 19.1 Å². The van der Waals surface area contributed by atoms with E-state index in [1.54, 1.807) is 6.20 Å². The summed E-state index contributed by atoms with van der Waals surface area (Å²) >= 11 is 0. The van der Waals surface area contributed by atoms with Crippen molar-refractivity contribution in [1.82, 2.24) is 20.2 Å². The number of hydrogen-bond acceptors (Lipinski definition) is 5. The number of alkyl halides is 3. The number of amides is 1. The average Bonchev–Trinajstić information content (AvgIpc) is 3.16. The molecule has 0 saturated carbocycles. The van der Waals surface area contributed by atoms with Gasteiger partial charge >= 0.3 is 6.18 Å². The SMILES string of the molecule is Cc1cc(-c2nc(C(N)=O)c(N)c(-c3c(C)ccc4[nH]ncc34)n2)cc(C(F)(F)F)c1. The molecule has 158 valence electrons. The van der Waals surface area contributed by atoms with Gasteiger partial charge in [0, 0.05) is 16.5 Å². The van der Waals surface area contributed by atoms with Crippen LogP contribution in [0.1, 0.15) is 27.2 Å². The van der Waals surface area contributed by atoms with E-state index in [4.69, 9.17) is 11.5 Å². The summed E-state index contributed by atoms with van der Waals surface area (Å²) < 4.78 is 40.0. The summed E-state index contributed by atoms with van der Waals surface area (Å²) in [4.78, 5) is 20.6. The molecule has 31 heavy (non-hydrogen) atoms. The molecule has 0 saturated heterocycles. The summed E-state index contributed by atoms with van der Waals surface area (Å²) in [5, 5.41) is 7.55. The smallest absolute Gasteiger partial charge is 0.395 e. The molecule has 2 aromatic carbocycles. The molecule has 4 aromatic rings. The summed E-state index contributed by atoms with van der Waals surface area (Å²) in [6.45, 7) is 3.35. The topological polar surface area (TPSA) is 124 Å². The van der Waals surface area contributed by atoms with E-state index in [-0.39, 0.29) is 28.5 Å². The van der Waals surface area contributed by atoms with Crippen LogP contribution < -0.4 is 11.5 Å². The lowest BCUT2D eigenvalue weighted by Gasteiger charge is -2.15. The van der Waals surface area contributed by atoms with Gasteiger partial charge in [-0.1, -0.05) is 6.07 Å². The minimum Gasteiger partial charge on any atom is -0.395 e. The molecule has 7 nitrogen and oxygen atoms in total. The van der Waals surface area contributed by atoms with Gasteiger partial charge < -0.3 is 11.5 Å². The molecule has 2 heterocycles. The van der Waals surface area contributed by atoms with E-state index in [0.29, 0.717) is 22.0 Å². The van der Waals surface area contributed by atoms with Crippen LogP contribution in [0.15, 0.2) is 36.5 Å². The summed E-state index contributed by atoms with van der Waals surface area (Å²) in [6, 6.07) is 7.09. The van der Waals surface area contributed by atoms with Crippen molar-refractivity contribution in [3.8, 4) is 22.6 Å². The zero-order chi connectivity index (χ0) is 22.5. The molecule has 0 aliphatic heterocycles. The number of nitrogens with one attached hydrogen (secondary N) is 1. The van der Waals surface area contributed by atoms with Crippen LogP contribution in [0, 0.1) is 13.8 Å². The molecular weight excluding hydrogens is 409 g/mol. The molecule has 0 bridgehead atoms. The Kier molecular flexibility index (Phi) is 4.64. The fraction of sp³-hybridized carbons (Fsp3) is 0.143. The first-order valence-corrected chi connectivity index (χ1v) is 9.16. The number of rotatable bonds is 3. The largest absolute Gasteiger partial charge is 0.416 e. The fourth-order valence-electron chi connectivity index (χ4n) is 3.49. The first kappa shape index (κ1) is 20.3. The number of halogens is 3. The highest BCUT2D eigenvalue weighted by molar-refractivity contribution is 6.04. The van der Waals surface area contributed by atoms with Gasteiger partial charge in [0.15, 0.2) is 11.5 Å². The number of carbonyl (C=O) groups is 1. The minimum absolute atomic E-state index is 0.0586. The van der Waals surface area contributed by atoms with Crippen LogP contribution in [-0.4, -0.2) is 26.1 Å². The highest BCUT2D eigenvalue weighted by Gasteiger charge is 2.31. The van der Waals surface area contributed by atoms with Crippen molar-refractivity contribution >= 4 is 22.5 Å². The van der Waals surface area contributed by atoms with Gasteiger partial charge in [0.05, 0.1) is 28.7 Å². The summed E-state index contributed by atoms with van der Waals surface area (Å²) in [5.41, 5.74) is 13.2. The van der Waals surface area contributed by atoms with Crippen LogP contribution in [0.25, 0.3) is 33.5 Å². The number of aromatic nitrogens is 4. The van der Waals surface area contributed by atoms with Gasteiger partial charge in [-0.3, -0.25) is 9.89 Å². The number of nitrogen functional groups attached to an aromatic ring is 1. The molecule has 0 aliphatic rings. The maximum atomic E-state index is 13.3. The highest BCUT2D eigenvalue weighted by Crippen LogP contribution is 2.37. The van der Waals surface area contributed by atoms with E-state index in [0.717, 1.165) is 17.7 Å². The zero-order valence-corrected chi connectivity index (χ0v) is 16.5. The van der Waals surface area contributed by atoms with Gasteiger partial charge in [-0.05, 0) is 49.2 Å². The third-order valence-electron chi connectivity index (χ3n) is 4.91. The number of nitrogens with zero attached hydrogens (tertiary/aromatic N) is 3. The lowest BCUT2D eigenvalue weighted by Crippen LogP contribution is -2.18. The number of H-pyrrole nitrogens is 1. The Labute approximate surface area is 174 Å². The summed E-state index contributed by atoms with van der Waals surface area (Å²) in [7, 11) is 0. The third-order valence-corrected chi connectivity index (χ3v) is 4.91. The number of benzene rings is 2. The van der Waals surface area contributed by atoms with E-state index in [1.165, 1.54) is 13.0 Å². The van der Waals surface area contributed by atoms with Crippen molar-refractivity contribution in [2.24, 2.45) is 5.73 Å². The van der Waals surface area contributed by atoms with Gasteiger partial charge in [-0.2, -0.15) is 18.3 Å². The number of nitrogens with two attached hydrogens (primary N) is 2. The number of aryl methyl sites for hydroxylation is 2. The Balaban J connectivity index is 2.04. The number of carbonyl (C=O) groups excluding carboxylic acids is 1. The second-order valence-electron chi connectivity index (χ2n) is 7.20. The minimum atomic E-state index is -4.55. The molecule has 4 rings (SSSR count). The molecule has 0 spiro atoms. The van der Waals surface area contributed by atoms with Crippen LogP contribution in [0.3, 0.4) is 0 Å². The zero-order valence-electron chi connectivity index (χ0n) is 16.5. The summed E-state index contributed by atoms with van der Waals surface area (Å²) in [6.07, 6.45) is -2.97. The van der Waals surface area contributed by atoms with Crippen LogP contribution in [0.2, 0.25) is 0 Å². The molecule has 0 atom stereocenters. The van der Waals surface area contributed by atoms with Gasteiger partial charge in [0.1, 0.15) is 0 Å². The molecule has 0 aliphatic carbocycles. The molecule has 0 unspecified atom stereocenters. The van der Waals surface area contributed by atoms with E-state index in [2.05, 4.69) is 20.2 Å². The maximum absolute atomic E-state index is 13.3. The molecule has 5 N–H and O–H groups in total. The van der Waals surface area contributed by atoms with Crippen LogP contribution in [0.4, 0.5) is 18.9 Å². The molecular formula is C21H17F3N6O. The number of aromatic amines is 1. The van der Waals surface area contributed by atoms with Crippen LogP contribution in [-0.2, 0) is 6.18 Å². The number of primary amides is 1. The van der Waals surface area contributed by atoms with E-state index < -0.39 is 17.6 Å². The van der Waals surface area contributed by atoms with Crippen LogP contribution in [0.5, 0.6) is 0 Å². The number of anilines is 1. The van der Waals surface area contributed by atoms with E-state index >= 15 is 0 Å². The number of fused-ring (bicyclic) bond motifs is 1. The van der Waals surface area contributed by atoms with Crippen molar-refractivity contribution in [2.75, 3.05) is 5.73 Å². The van der Waals surface area contributed by atoms with Crippen LogP contribution >= 0.6 is 0 Å². The van der Waals surface area contributed by atoms with Gasteiger partial charge in [-0.15, -0.1) is 0 Å².